The number of nitrogens with one attached hydrogen (secondary N) is 1. The zero-order valence-electron chi connectivity index (χ0n) is 10.8. The molecule has 0 radical (unpaired) electrons. The van der Waals surface area contributed by atoms with Crippen LogP contribution in [0.15, 0.2) is 54.6 Å². The average Bonchev–Trinajstić information content (AvgIpc) is 3.27. The zero-order valence-corrected chi connectivity index (χ0v) is 13.4. The van der Waals surface area contributed by atoms with Gasteiger partial charge in [0, 0.05) is 0 Å². The van der Waals surface area contributed by atoms with Crippen molar-refractivity contribution in [1.29, 1.82) is 0 Å². The predicted octanol–water partition coefficient (Wildman–Crippen LogP) is 1.25. The molecule has 104 valence electrons. The molecule has 5 heteroatoms. The van der Waals surface area contributed by atoms with E-state index in [9.17, 15) is 8.42 Å². The number of para-hydroxylation sites is 1. The summed E-state index contributed by atoms with van der Waals surface area (Å²) < 4.78 is 29.2. The Morgan fingerprint density at radius 3 is 2.30 bits per heavy atom. The fourth-order valence-corrected chi connectivity index (χ4v) is 5.36. The summed E-state index contributed by atoms with van der Waals surface area (Å²) in [6, 6.07) is 17.8. The van der Waals surface area contributed by atoms with Crippen LogP contribution in [0.1, 0.15) is 12.8 Å². The van der Waals surface area contributed by atoms with Crippen LogP contribution in [-0.4, -0.2) is 28.6 Å². The molecule has 0 atom stereocenters. The van der Waals surface area contributed by atoms with E-state index >= 15 is 0 Å². The molecule has 3 nitrogen and oxygen atoms in total. The Kier molecular flexibility index (Phi) is 3.83. The Labute approximate surface area is 125 Å². The van der Waals surface area contributed by atoms with Crippen molar-refractivity contribution < 1.29 is 8.42 Å². The van der Waals surface area contributed by atoms with Crippen molar-refractivity contribution in [2.45, 2.75) is 18.1 Å². The van der Waals surface area contributed by atoms with E-state index < -0.39 is 10.0 Å². The van der Waals surface area contributed by atoms with Crippen LogP contribution in [0.4, 0.5) is 5.69 Å². The van der Waals surface area contributed by atoms with Gasteiger partial charge in [-0.3, -0.25) is 0 Å². The summed E-state index contributed by atoms with van der Waals surface area (Å²) in [6.07, 6.45) is 1.56. The van der Waals surface area contributed by atoms with E-state index in [-0.39, 0.29) is 20.2 Å². The molecule has 20 heavy (non-hydrogen) atoms. The number of hydrogen-bond donors (Lipinski definition) is 1. The maximum atomic E-state index is 12.1. The van der Waals surface area contributed by atoms with Gasteiger partial charge in [-0.05, 0) is 0 Å². The molecule has 0 aromatic heterocycles. The van der Waals surface area contributed by atoms with Crippen molar-refractivity contribution in [2.75, 3.05) is 4.72 Å². The first-order valence-corrected chi connectivity index (χ1v) is 9.75. The van der Waals surface area contributed by atoms with Gasteiger partial charge in [0.2, 0.25) is 0 Å². The van der Waals surface area contributed by atoms with Crippen LogP contribution in [0.3, 0.4) is 0 Å². The van der Waals surface area contributed by atoms with Gasteiger partial charge >= 0.3 is 125 Å². The van der Waals surface area contributed by atoms with Crippen molar-refractivity contribution in [3.63, 3.8) is 0 Å². The van der Waals surface area contributed by atoms with E-state index in [2.05, 4.69) is 16.9 Å². The van der Waals surface area contributed by atoms with Crippen LogP contribution >= 0.6 is 0 Å². The molecule has 0 spiro atoms. The first kappa shape index (κ1) is 13.7. The van der Waals surface area contributed by atoms with Gasteiger partial charge in [0.1, 0.15) is 0 Å². The molecule has 2 aromatic carbocycles. The second kappa shape index (κ2) is 5.60. The van der Waals surface area contributed by atoms with E-state index in [1.807, 2.05) is 42.5 Å². The minimum absolute atomic E-state index is 0.101. The molecule has 0 saturated heterocycles. The van der Waals surface area contributed by atoms with Crippen LogP contribution in [0.5, 0.6) is 0 Å². The number of hydrogen-bond acceptors (Lipinski definition) is 2. The average molecular weight is 352 g/mol. The Morgan fingerprint density at radius 2 is 1.60 bits per heavy atom. The quantitative estimate of drug-likeness (QED) is 0.824. The molecule has 0 aliphatic heterocycles. The summed E-state index contributed by atoms with van der Waals surface area (Å²) in [5.41, 5.74) is 0.725. The standard InChI is InChI=1S/C15H15NO2SSe/c17-19(18,12-10-11-12)16-14-8-4-5-9-15(14)20-13-6-2-1-3-7-13/h1-9,12,16H,10-11H2. The molecule has 1 saturated carbocycles. The number of sulfonamides is 1. The summed E-state index contributed by atoms with van der Waals surface area (Å²) in [7, 11) is -3.19. The summed E-state index contributed by atoms with van der Waals surface area (Å²) in [5.74, 6) is 0. The molecule has 0 unspecified atom stereocenters. The Morgan fingerprint density at radius 1 is 0.950 bits per heavy atom. The Hall–Kier alpha value is -1.29. The number of rotatable bonds is 5. The fourth-order valence-electron chi connectivity index (χ4n) is 1.87. The summed E-state index contributed by atoms with van der Waals surface area (Å²) in [4.78, 5) is 0. The number of anilines is 1. The van der Waals surface area contributed by atoms with E-state index in [0.717, 1.165) is 23.0 Å². The van der Waals surface area contributed by atoms with Crippen LogP contribution in [-0.2, 0) is 10.0 Å². The van der Waals surface area contributed by atoms with Crippen molar-refractivity contribution in [3.05, 3.63) is 54.6 Å². The topological polar surface area (TPSA) is 46.2 Å². The minimum atomic E-state index is -3.19. The Balaban J connectivity index is 1.85. The molecule has 0 amide bonds. The molecule has 3 rings (SSSR count). The van der Waals surface area contributed by atoms with Gasteiger partial charge in [0.25, 0.3) is 0 Å². The van der Waals surface area contributed by atoms with E-state index in [0.29, 0.717) is 0 Å². The number of benzene rings is 2. The maximum absolute atomic E-state index is 12.1. The molecule has 0 bridgehead atoms. The second-order valence-electron chi connectivity index (χ2n) is 4.76. The molecule has 1 N–H and O–H groups in total. The van der Waals surface area contributed by atoms with E-state index in [1.54, 1.807) is 0 Å². The molecule has 1 fully saturated rings. The summed E-state index contributed by atoms with van der Waals surface area (Å²) >= 11 is 0.101. The van der Waals surface area contributed by atoms with Crippen LogP contribution in [0.2, 0.25) is 0 Å². The van der Waals surface area contributed by atoms with Gasteiger partial charge in [-0.2, -0.15) is 0 Å². The third kappa shape index (κ3) is 3.23. The van der Waals surface area contributed by atoms with Gasteiger partial charge in [0.15, 0.2) is 0 Å². The molecule has 1 aliphatic rings. The van der Waals surface area contributed by atoms with Crippen molar-refractivity contribution in [1.82, 2.24) is 0 Å². The SMILES string of the molecule is O=S(=O)(Nc1ccccc1[Se]c1ccccc1)C1CC1. The fraction of sp³-hybridized carbons (Fsp3) is 0.200. The van der Waals surface area contributed by atoms with Gasteiger partial charge in [-0.1, -0.05) is 0 Å². The van der Waals surface area contributed by atoms with Gasteiger partial charge in [0.05, 0.1) is 0 Å². The third-order valence-corrected chi connectivity index (χ3v) is 7.20. The van der Waals surface area contributed by atoms with Crippen molar-refractivity contribution >= 4 is 39.6 Å². The van der Waals surface area contributed by atoms with Crippen LogP contribution < -0.4 is 13.6 Å². The predicted molar refractivity (Wildman–Crippen MR) is 83.5 cm³/mol. The van der Waals surface area contributed by atoms with E-state index in [4.69, 9.17) is 0 Å². The third-order valence-electron chi connectivity index (χ3n) is 3.07. The summed E-state index contributed by atoms with van der Waals surface area (Å²) in [6.45, 7) is 0. The molecular formula is C15H15NO2SSe. The zero-order chi connectivity index (χ0) is 14.0. The van der Waals surface area contributed by atoms with Gasteiger partial charge in [-0.15, -0.1) is 0 Å². The molecule has 2 aromatic rings. The Bertz CT molecular complexity index is 697. The second-order valence-corrected chi connectivity index (χ2v) is 9.06. The first-order valence-electron chi connectivity index (χ1n) is 6.49. The molecule has 1 aliphatic carbocycles. The molecular weight excluding hydrogens is 337 g/mol. The summed E-state index contributed by atoms with van der Waals surface area (Å²) in [5, 5.41) is -0.195. The normalized spacial score (nSPS) is 15.0. The van der Waals surface area contributed by atoms with Crippen LogP contribution in [0.25, 0.3) is 0 Å². The van der Waals surface area contributed by atoms with Crippen molar-refractivity contribution in [3.8, 4) is 0 Å². The van der Waals surface area contributed by atoms with Gasteiger partial charge in [-0.25, -0.2) is 0 Å². The molecule has 0 heterocycles. The van der Waals surface area contributed by atoms with Gasteiger partial charge < -0.3 is 0 Å². The van der Waals surface area contributed by atoms with Crippen molar-refractivity contribution in [2.24, 2.45) is 0 Å². The monoisotopic (exact) mass is 353 g/mol. The first-order chi connectivity index (χ1) is 9.65. The van der Waals surface area contributed by atoms with E-state index in [1.165, 1.54) is 4.46 Å². The van der Waals surface area contributed by atoms with Crippen LogP contribution in [0, 0.1) is 0 Å².